The number of amides is 1. The first-order chi connectivity index (χ1) is 15.3. The molecule has 1 aromatic heterocycles. The Labute approximate surface area is 186 Å². The highest BCUT2D eigenvalue weighted by molar-refractivity contribution is 5.94. The number of aryl methyl sites for hydroxylation is 1. The zero-order valence-electron chi connectivity index (χ0n) is 18.9. The van der Waals surface area contributed by atoms with E-state index >= 15 is 0 Å². The van der Waals surface area contributed by atoms with Gasteiger partial charge in [0.05, 0.1) is 22.8 Å². The summed E-state index contributed by atoms with van der Waals surface area (Å²) < 4.78 is 21.7. The molecular formula is C25H28FN3O3. The zero-order chi connectivity index (χ0) is 23.0. The van der Waals surface area contributed by atoms with Crippen molar-refractivity contribution in [1.29, 1.82) is 0 Å². The van der Waals surface area contributed by atoms with Gasteiger partial charge in [-0.2, -0.15) is 0 Å². The molecule has 168 valence electrons. The first-order valence-corrected chi connectivity index (χ1v) is 10.9. The number of nitrogens with one attached hydrogen (secondary N) is 1. The molecule has 2 heterocycles. The highest BCUT2D eigenvalue weighted by Gasteiger charge is 2.22. The van der Waals surface area contributed by atoms with Crippen molar-refractivity contribution in [2.24, 2.45) is 0 Å². The predicted molar refractivity (Wildman–Crippen MR) is 122 cm³/mol. The maximum atomic E-state index is 14.6. The summed E-state index contributed by atoms with van der Waals surface area (Å²) in [5.41, 5.74) is 4.32. The predicted octanol–water partition coefficient (Wildman–Crippen LogP) is 4.02. The normalized spacial score (nSPS) is 15.7. The number of hydrogen-bond acceptors (Lipinski definition) is 4. The number of rotatable bonds is 4. The second kappa shape index (κ2) is 8.82. The average molecular weight is 438 g/mol. The van der Waals surface area contributed by atoms with E-state index in [1.165, 1.54) is 19.2 Å². The highest BCUT2D eigenvalue weighted by atomic mass is 19.1. The minimum Gasteiger partial charge on any atom is -0.381 e. The van der Waals surface area contributed by atoms with Gasteiger partial charge in [-0.3, -0.25) is 14.2 Å². The molecule has 1 aliphatic rings. The van der Waals surface area contributed by atoms with Crippen molar-refractivity contribution in [3.05, 3.63) is 74.6 Å². The lowest BCUT2D eigenvalue weighted by Gasteiger charge is -2.24. The lowest BCUT2D eigenvalue weighted by Crippen LogP contribution is -2.29. The van der Waals surface area contributed by atoms with E-state index < -0.39 is 11.7 Å². The van der Waals surface area contributed by atoms with Crippen LogP contribution in [0.4, 0.5) is 4.39 Å². The molecule has 0 spiro atoms. The molecule has 1 N–H and O–H groups in total. The molecule has 6 nitrogen and oxygen atoms in total. The van der Waals surface area contributed by atoms with Crippen LogP contribution in [0.3, 0.4) is 0 Å². The van der Waals surface area contributed by atoms with Crippen LogP contribution < -0.4 is 10.9 Å². The molecule has 1 amide bonds. The van der Waals surface area contributed by atoms with E-state index in [2.05, 4.69) is 10.3 Å². The third-order valence-corrected chi connectivity index (χ3v) is 6.70. The largest absolute Gasteiger partial charge is 0.381 e. The third-order valence-electron chi connectivity index (χ3n) is 6.70. The standard InChI is InChI=1S/C25H28FN3O3/c1-14-15(2)23-21(25(31)29(13-28-23)18-7-9-32-10-8-18)12-20(14)16(3)17-5-6-19(22(26)11-17)24(30)27-4/h5-6,11-13,16,18H,7-10H2,1-4H3,(H,27,30). The van der Waals surface area contributed by atoms with Crippen molar-refractivity contribution in [1.82, 2.24) is 14.9 Å². The minimum atomic E-state index is -0.563. The van der Waals surface area contributed by atoms with Gasteiger partial charge in [-0.05, 0) is 67.1 Å². The maximum absolute atomic E-state index is 14.6. The molecule has 7 heteroatoms. The van der Waals surface area contributed by atoms with Gasteiger partial charge in [0, 0.05) is 32.2 Å². The molecule has 1 fully saturated rings. The van der Waals surface area contributed by atoms with Crippen molar-refractivity contribution in [3.63, 3.8) is 0 Å². The summed E-state index contributed by atoms with van der Waals surface area (Å²) >= 11 is 0. The van der Waals surface area contributed by atoms with E-state index in [4.69, 9.17) is 4.74 Å². The number of carbonyl (C=O) groups excluding carboxylic acids is 1. The van der Waals surface area contributed by atoms with Crippen molar-refractivity contribution >= 4 is 16.8 Å². The van der Waals surface area contributed by atoms with Crippen LogP contribution >= 0.6 is 0 Å². The molecule has 1 atom stereocenters. The monoisotopic (exact) mass is 437 g/mol. The van der Waals surface area contributed by atoms with E-state index in [1.54, 1.807) is 17.0 Å². The zero-order valence-corrected chi connectivity index (χ0v) is 18.9. The van der Waals surface area contributed by atoms with Crippen molar-refractivity contribution in [2.75, 3.05) is 20.3 Å². The van der Waals surface area contributed by atoms with Crippen LogP contribution in [-0.2, 0) is 4.74 Å². The van der Waals surface area contributed by atoms with Crippen LogP contribution in [0.15, 0.2) is 35.4 Å². The molecule has 32 heavy (non-hydrogen) atoms. The summed E-state index contributed by atoms with van der Waals surface area (Å²) in [5.74, 6) is -1.19. The Morgan fingerprint density at radius 1 is 1.22 bits per heavy atom. The highest BCUT2D eigenvalue weighted by Crippen LogP contribution is 2.32. The van der Waals surface area contributed by atoms with E-state index in [0.29, 0.717) is 24.1 Å². The molecule has 1 aliphatic heterocycles. The Morgan fingerprint density at radius 2 is 1.94 bits per heavy atom. The van der Waals surface area contributed by atoms with E-state index in [1.807, 2.05) is 26.8 Å². The van der Waals surface area contributed by atoms with Crippen LogP contribution in [-0.4, -0.2) is 35.7 Å². The smallest absolute Gasteiger partial charge is 0.261 e. The van der Waals surface area contributed by atoms with Crippen molar-refractivity contribution in [2.45, 2.75) is 45.6 Å². The summed E-state index contributed by atoms with van der Waals surface area (Å²) in [6.07, 6.45) is 3.24. The van der Waals surface area contributed by atoms with E-state index in [9.17, 15) is 14.0 Å². The average Bonchev–Trinajstić information content (AvgIpc) is 2.81. The molecule has 3 aromatic rings. The Morgan fingerprint density at radius 3 is 2.59 bits per heavy atom. The van der Waals surface area contributed by atoms with Gasteiger partial charge in [-0.25, -0.2) is 9.37 Å². The topological polar surface area (TPSA) is 73.2 Å². The van der Waals surface area contributed by atoms with E-state index in [0.717, 1.165) is 35.1 Å². The Balaban J connectivity index is 1.81. The molecule has 4 rings (SSSR count). The van der Waals surface area contributed by atoms with Gasteiger partial charge < -0.3 is 10.1 Å². The van der Waals surface area contributed by atoms with Crippen LogP contribution in [0.5, 0.6) is 0 Å². The minimum absolute atomic E-state index is 0.0124. The molecule has 0 radical (unpaired) electrons. The number of nitrogens with zero attached hydrogens (tertiary/aromatic N) is 2. The molecule has 0 saturated carbocycles. The number of halogens is 1. The number of fused-ring (bicyclic) bond motifs is 1. The molecule has 0 bridgehead atoms. The lowest BCUT2D eigenvalue weighted by atomic mass is 9.86. The van der Waals surface area contributed by atoms with Crippen LogP contribution in [0.2, 0.25) is 0 Å². The Bertz CT molecular complexity index is 1250. The van der Waals surface area contributed by atoms with Gasteiger partial charge in [0.15, 0.2) is 0 Å². The number of benzene rings is 2. The van der Waals surface area contributed by atoms with Crippen LogP contribution in [0, 0.1) is 19.7 Å². The van der Waals surface area contributed by atoms with E-state index in [-0.39, 0.29) is 23.1 Å². The Hall–Kier alpha value is -3.06. The van der Waals surface area contributed by atoms with Gasteiger partial charge in [0.2, 0.25) is 0 Å². The summed E-state index contributed by atoms with van der Waals surface area (Å²) in [6, 6.07) is 6.65. The first kappa shape index (κ1) is 22.1. The Kier molecular flexibility index (Phi) is 6.11. The van der Waals surface area contributed by atoms with Gasteiger partial charge in [0.25, 0.3) is 11.5 Å². The fraction of sp³-hybridized carbons (Fsp3) is 0.400. The van der Waals surface area contributed by atoms with Crippen LogP contribution in [0.25, 0.3) is 10.9 Å². The second-order valence-corrected chi connectivity index (χ2v) is 8.45. The second-order valence-electron chi connectivity index (χ2n) is 8.45. The van der Waals surface area contributed by atoms with Gasteiger partial charge >= 0.3 is 0 Å². The van der Waals surface area contributed by atoms with Gasteiger partial charge in [-0.1, -0.05) is 13.0 Å². The van der Waals surface area contributed by atoms with Gasteiger partial charge in [0.1, 0.15) is 5.82 Å². The summed E-state index contributed by atoms with van der Waals surface area (Å²) in [4.78, 5) is 29.8. The fourth-order valence-electron chi connectivity index (χ4n) is 4.54. The summed E-state index contributed by atoms with van der Waals surface area (Å²) in [5, 5.41) is 3.02. The lowest BCUT2D eigenvalue weighted by molar-refractivity contribution is 0.0685. The van der Waals surface area contributed by atoms with Crippen LogP contribution in [0.1, 0.15) is 64.3 Å². The number of ether oxygens (including phenoxy) is 1. The summed E-state index contributed by atoms with van der Waals surface area (Å²) in [6.45, 7) is 7.23. The number of carbonyl (C=O) groups is 1. The number of hydrogen-bond donors (Lipinski definition) is 1. The SMILES string of the molecule is CNC(=O)c1ccc(C(C)c2cc3c(=O)n(C4CCOCC4)cnc3c(C)c2C)cc1F. The fourth-order valence-corrected chi connectivity index (χ4v) is 4.54. The quantitative estimate of drug-likeness (QED) is 0.669. The van der Waals surface area contributed by atoms with Crippen molar-refractivity contribution in [3.8, 4) is 0 Å². The van der Waals surface area contributed by atoms with Gasteiger partial charge in [-0.15, -0.1) is 0 Å². The molecular weight excluding hydrogens is 409 g/mol. The molecule has 1 saturated heterocycles. The molecule has 1 unspecified atom stereocenters. The summed E-state index contributed by atoms with van der Waals surface area (Å²) in [7, 11) is 1.47. The number of aromatic nitrogens is 2. The third kappa shape index (κ3) is 3.81. The molecule has 2 aromatic carbocycles. The molecule has 0 aliphatic carbocycles. The van der Waals surface area contributed by atoms with Crippen molar-refractivity contribution < 1.29 is 13.9 Å². The maximum Gasteiger partial charge on any atom is 0.261 e. The first-order valence-electron chi connectivity index (χ1n) is 10.9.